The molecule has 0 saturated carbocycles. The van der Waals surface area contributed by atoms with Gasteiger partial charge in [0.15, 0.2) is 5.78 Å². The number of hydrogen-bond acceptors (Lipinski definition) is 11. The van der Waals surface area contributed by atoms with E-state index in [1.165, 1.54) is 88.4 Å². The predicted octanol–water partition coefficient (Wildman–Crippen LogP) is 7.22. The molecule has 0 aliphatic carbocycles. The number of nitrogens with two attached hydrogens (primary N) is 1. The van der Waals surface area contributed by atoms with E-state index in [-0.39, 0.29) is 18.9 Å². The minimum atomic E-state index is -2.24. The van der Waals surface area contributed by atoms with Crippen molar-refractivity contribution in [3.63, 3.8) is 0 Å². The topological polar surface area (TPSA) is 230 Å². The van der Waals surface area contributed by atoms with Crippen LogP contribution in [0.1, 0.15) is 202 Å². The molecule has 372 valence electrons. The Labute approximate surface area is 386 Å². The van der Waals surface area contributed by atoms with E-state index in [4.69, 9.17) is 15.2 Å². The third-order valence-electron chi connectivity index (χ3n) is 11.7. The Morgan fingerprint density at radius 3 is 1.56 bits per heavy atom. The van der Waals surface area contributed by atoms with Crippen molar-refractivity contribution in [3.05, 3.63) is 12.2 Å². The minimum absolute atomic E-state index is 0.123. The summed E-state index contributed by atoms with van der Waals surface area (Å²) in [6.07, 6.45) is 26.6. The number of allylic oxidation sites excluding steroid dienone is 2. The van der Waals surface area contributed by atoms with Crippen molar-refractivity contribution < 1.29 is 48.8 Å². The van der Waals surface area contributed by atoms with E-state index in [2.05, 4.69) is 41.9 Å². The van der Waals surface area contributed by atoms with Gasteiger partial charge in [-0.1, -0.05) is 148 Å². The maximum absolute atomic E-state index is 14.1. The quantitative estimate of drug-likeness (QED) is 0.0187. The highest BCUT2D eigenvalue weighted by atomic mass is 16.6. The Kier molecular flexibility index (Phi) is 32.3. The first-order valence-corrected chi connectivity index (χ1v) is 25.0. The lowest BCUT2D eigenvalue weighted by molar-refractivity contribution is -0.291. The highest BCUT2D eigenvalue weighted by Crippen LogP contribution is 2.36. The number of Topliss-reactive ketones (excluding diaryl/α,β-unsaturated/α-hetero) is 1. The Hall–Kier alpha value is -3.11. The van der Waals surface area contributed by atoms with E-state index in [0.717, 1.165) is 64.2 Å². The van der Waals surface area contributed by atoms with Crippen LogP contribution in [0, 0.1) is 5.92 Å². The maximum Gasteiger partial charge on any atom is 0.408 e. The number of aliphatic hydroxyl groups is 3. The Morgan fingerprint density at radius 1 is 0.641 bits per heavy atom. The van der Waals surface area contributed by atoms with Gasteiger partial charge >= 0.3 is 6.09 Å². The number of alkyl carbamates (subject to hydrolysis) is 1. The number of hydrogen-bond donors (Lipinski definition) is 7. The molecular weight excluding hydrogens is 819 g/mol. The molecule has 1 aliphatic heterocycles. The molecule has 1 fully saturated rings. The van der Waals surface area contributed by atoms with Gasteiger partial charge in [-0.15, -0.1) is 0 Å². The molecule has 0 aromatic rings. The average Bonchev–Trinajstić information content (AvgIpc) is 3.25. The molecule has 0 radical (unpaired) electrons. The molecule has 15 heteroatoms. The maximum atomic E-state index is 14.1. The van der Waals surface area contributed by atoms with Crippen molar-refractivity contribution >= 4 is 29.6 Å². The Bertz CT molecular complexity index is 1330. The Balaban J connectivity index is 2.92. The average molecular weight is 910 g/mol. The van der Waals surface area contributed by atoms with Gasteiger partial charge < -0.3 is 45.6 Å². The van der Waals surface area contributed by atoms with Crippen LogP contribution in [-0.4, -0.2) is 112 Å². The standard InChI is InChI=1S/C49H91N5O10/c1-6-8-10-12-14-16-18-20-21-22-23-25-27-29-31-33-43(59)54(34-32-30-28-26-24-19-17-15-13-11-9-7-2)49(50)44(46(61)45(60)40(38-55)63-49)39(56)35-51-41(57)36-52-42(58)37-53-47(62)64-48(3,4)5/h20-21,40,44-46,55,60-61H,6-19,22-38,50H2,1-5H3,(H,51,57)(H,52,58)(H,53,62)/b21-20-/t40-,44-,45-,46-,49+/m1/s1. The van der Waals surface area contributed by atoms with E-state index in [0.29, 0.717) is 12.8 Å². The number of ether oxygens (including phenoxy) is 2. The zero-order valence-corrected chi connectivity index (χ0v) is 40.6. The van der Waals surface area contributed by atoms with Gasteiger partial charge in [0.1, 0.15) is 30.3 Å². The second-order valence-corrected chi connectivity index (χ2v) is 18.7. The van der Waals surface area contributed by atoms with E-state index in [1.807, 2.05) is 0 Å². The minimum Gasteiger partial charge on any atom is -0.444 e. The zero-order chi connectivity index (χ0) is 47.6. The van der Waals surface area contributed by atoms with E-state index in [1.54, 1.807) is 20.8 Å². The summed E-state index contributed by atoms with van der Waals surface area (Å²) in [4.78, 5) is 66.1. The van der Waals surface area contributed by atoms with Crippen molar-refractivity contribution in [3.8, 4) is 0 Å². The lowest BCUT2D eigenvalue weighted by atomic mass is 9.82. The summed E-state index contributed by atoms with van der Waals surface area (Å²) in [5.74, 6) is -6.55. The summed E-state index contributed by atoms with van der Waals surface area (Å²) in [5, 5.41) is 39.4. The smallest absolute Gasteiger partial charge is 0.408 e. The van der Waals surface area contributed by atoms with Gasteiger partial charge in [-0.05, 0) is 59.3 Å². The lowest BCUT2D eigenvalue weighted by Crippen LogP contribution is -2.75. The van der Waals surface area contributed by atoms with Crippen LogP contribution in [0.25, 0.3) is 0 Å². The van der Waals surface area contributed by atoms with Gasteiger partial charge in [0, 0.05) is 13.0 Å². The van der Waals surface area contributed by atoms with Crippen LogP contribution >= 0.6 is 0 Å². The summed E-state index contributed by atoms with van der Waals surface area (Å²) in [7, 11) is 0. The second-order valence-electron chi connectivity index (χ2n) is 18.7. The van der Waals surface area contributed by atoms with Crippen LogP contribution in [-0.2, 0) is 28.7 Å². The summed E-state index contributed by atoms with van der Waals surface area (Å²) in [6, 6.07) is 0. The van der Waals surface area contributed by atoms with Crippen LogP contribution in [0.4, 0.5) is 4.79 Å². The van der Waals surface area contributed by atoms with Gasteiger partial charge in [-0.3, -0.25) is 24.9 Å². The number of nitrogens with zero attached hydrogens (tertiary/aromatic N) is 1. The lowest BCUT2D eigenvalue weighted by Gasteiger charge is -2.52. The number of rotatable bonds is 37. The van der Waals surface area contributed by atoms with Gasteiger partial charge in [-0.2, -0.15) is 0 Å². The van der Waals surface area contributed by atoms with Gasteiger partial charge in [0.05, 0.1) is 25.8 Å². The molecule has 64 heavy (non-hydrogen) atoms. The molecule has 8 N–H and O–H groups in total. The van der Waals surface area contributed by atoms with Gasteiger partial charge in [0.25, 0.3) is 0 Å². The number of nitrogens with one attached hydrogen (secondary N) is 3. The van der Waals surface area contributed by atoms with Gasteiger partial charge in [0.2, 0.25) is 23.6 Å². The fourth-order valence-electron chi connectivity index (χ4n) is 8.00. The number of amides is 4. The fourth-order valence-corrected chi connectivity index (χ4v) is 8.00. The van der Waals surface area contributed by atoms with Crippen LogP contribution < -0.4 is 21.7 Å². The molecule has 5 atom stereocenters. The van der Waals surface area contributed by atoms with Crippen LogP contribution in [0.15, 0.2) is 12.2 Å². The molecule has 0 aromatic heterocycles. The first kappa shape index (κ1) is 58.9. The summed E-state index contributed by atoms with van der Waals surface area (Å²) < 4.78 is 11.1. The van der Waals surface area contributed by atoms with Crippen LogP contribution in [0.2, 0.25) is 0 Å². The third kappa shape index (κ3) is 26.1. The fraction of sp³-hybridized carbons (Fsp3) is 0.857. The molecule has 1 rings (SSSR count). The highest BCUT2D eigenvalue weighted by molar-refractivity contribution is 5.91. The van der Waals surface area contributed by atoms with Gasteiger partial charge in [-0.25, -0.2) is 4.79 Å². The highest BCUT2D eigenvalue weighted by Gasteiger charge is 2.58. The molecule has 15 nitrogen and oxygen atoms in total. The molecule has 1 saturated heterocycles. The summed E-state index contributed by atoms with van der Waals surface area (Å²) in [6.45, 7) is 7.21. The van der Waals surface area contributed by atoms with E-state index in [9.17, 15) is 39.3 Å². The van der Waals surface area contributed by atoms with Crippen molar-refractivity contribution in [1.82, 2.24) is 20.9 Å². The number of aliphatic hydroxyl groups excluding tert-OH is 3. The number of carbonyl (C=O) groups excluding carboxylic acids is 5. The predicted molar refractivity (Wildman–Crippen MR) is 252 cm³/mol. The molecule has 1 heterocycles. The first-order valence-electron chi connectivity index (χ1n) is 25.0. The molecular formula is C49H91N5O10. The number of carbonyl (C=O) groups is 5. The van der Waals surface area contributed by atoms with Crippen molar-refractivity contribution in [1.29, 1.82) is 0 Å². The van der Waals surface area contributed by atoms with Crippen LogP contribution in [0.5, 0.6) is 0 Å². The molecule has 4 amide bonds. The number of unbranched alkanes of at least 4 members (excludes halogenated alkanes) is 22. The normalized spacial score (nSPS) is 20.0. The summed E-state index contributed by atoms with van der Waals surface area (Å²) in [5.41, 5.74) is 6.16. The molecule has 0 bridgehead atoms. The summed E-state index contributed by atoms with van der Waals surface area (Å²) >= 11 is 0. The van der Waals surface area contributed by atoms with E-state index < -0.39 is 85.6 Å². The van der Waals surface area contributed by atoms with Crippen molar-refractivity contribution in [2.24, 2.45) is 11.7 Å². The molecule has 1 aliphatic rings. The molecule has 0 unspecified atom stereocenters. The largest absolute Gasteiger partial charge is 0.444 e. The SMILES string of the molecule is CCCCCCCC/C=C\CCCCCCCC(=O)N(CCCCCCCCCCCCCC)[C@]1(N)O[C@H](CO)[C@@H](O)[C@H](O)[C@H]1C(=O)CNC(=O)CNC(=O)CNC(=O)OC(C)(C)C. The first-order chi connectivity index (χ1) is 30.6. The third-order valence-corrected chi connectivity index (χ3v) is 11.7. The zero-order valence-electron chi connectivity index (χ0n) is 40.6. The van der Waals surface area contributed by atoms with Crippen molar-refractivity contribution in [2.45, 2.75) is 231 Å². The Morgan fingerprint density at radius 2 is 1.08 bits per heavy atom. The van der Waals surface area contributed by atoms with Crippen LogP contribution in [0.3, 0.4) is 0 Å². The van der Waals surface area contributed by atoms with E-state index >= 15 is 0 Å². The number of ketones is 1. The monoisotopic (exact) mass is 910 g/mol. The second kappa shape index (κ2) is 35.1. The van der Waals surface area contributed by atoms with Crippen molar-refractivity contribution in [2.75, 3.05) is 32.8 Å². The molecule has 0 spiro atoms. The molecule has 0 aromatic carbocycles.